The van der Waals surface area contributed by atoms with Crippen molar-refractivity contribution in [3.63, 3.8) is 0 Å². The summed E-state index contributed by atoms with van der Waals surface area (Å²) < 4.78 is 4.90. The molecule has 7 nitrogen and oxygen atoms in total. The largest absolute Gasteiger partial charge is 0.490 e. The SMILES string of the molecule is COc1ccc(-c2[nH]ncc2C=O)cc1[N+](=O)[O-]. The zero-order valence-corrected chi connectivity index (χ0v) is 9.41. The number of hydrogen-bond donors (Lipinski definition) is 1. The number of H-pyrrole nitrogens is 1. The second kappa shape index (κ2) is 4.66. The first-order chi connectivity index (χ1) is 8.67. The fourth-order valence-corrected chi connectivity index (χ4v) is 1.60. The van der Waals surface area contributed by atoms with E-state index in [4.69, 9.17) is 4.74 Å². The highest BCUT2D eigenvalue weighted by Gasteiger charge is 2.17. The number of carbonyl (C=O) groups is 1. The second-order valence-electron chi connectivity index (χ2n) is 3.46. The minimum Gasteiger partial charge on any atom is -0.490 e. The maximum absolute atomic E-state index is 10.9. The molecule has 2 aromatic rings. The van der Waals surface area contributed by atoms with Crippen LogP contribution < -0.4 is 4.74 Å². The smallest absolute Gasteiger partial charge is 0.311 e. The van der Waals surface area contributed by atoms with Gasteiger partial charge in [-0.2, -0.15) is 5.10 Å². The maximum atomic E-state index is 10.9. The van der Waals surface area contributed by atoms with Gasteiger partial charge in [0.1, 0.15) is 0 Å². The lowest BCUT2D eigenvalue weighted by molar-refractivity contribution is -0.385. The molecule has 0 atom stereocenters. The van der Waals surface area contributed by atoms with Crippen LogP contribution in [0.3, 0.4) is 0 Å². The standard InChI is InChI=1S/C11H9N3O4/c1-18-10-3-2-7(4-9(10)14(16)17)11-8(6-15)5-12-13-11/h2-6H,1H3,(H,12,13). The van der Waals surface area contributed by atoms with Gasteiger partial charge in [0.25, 0.3) is 0 Å². The summed E-state index contributed by atoms with van der Waals surface area (Å²) >= 11 is 0. The summed E-state index contributed by atoms with van der Waals surface area (Å²) in [7, 11) is 1.36. The molecule has 0 saturated carbocycles. The number of aromatic amines is 1. The van der Waals surface area contributed by atoms with E-state index in [0.717, 1.165) is 0 Å². The number of nitrogens with one attached hydrogen (secondary N) is 1. The Bertz CT molecular complexity index is 606. The fraction of sp³-hybridized carbons (Fsp3) is 0.0909. The summed E-state index contributed by atoms with van der Waals surface area (Å²) in [5.41, 5.74) is 1.12. The molecule has 1 N–H and O–H groups in total. The molecule has 7 heteroatoms. The molecule has 0 fully saturated rings. The maximum Gasteiger partial charge on any atom is 0.311 e. The molecule has 0 aliphatic rings. The first-order valence-corrected chi connectivity index (χ1v) is 4.98. The average Bonchev–Trinajstić information content (AvgIpc) is 2.86. The van der Waals surface area contributed by atoms with E-state index in [1.165, 1.54) is 25.4 Å². The molecule has 1 aromatic heterocycles. The Morgan fingerprint density at radius 2 is 2.28 bits per heavy atom. The number of benzene rings is 1. The minimum atomic E-state index is -0.542. The second-order valence-corrected chi connectivity index (χ2v) is 3.46. The highest BCUT2D eigenvalue weighted by molar-refractivity contribution is 5.85. The van der Waals surface area contributed by atoms with Gasteiger partial charge in [0.15, 0.2) is 12.0 Å². The van der Waals surface area contributed by atoms with E-state index in [-0.39, 0.29) is 11.4 Å². The number of nitrogens with zero attached hydrogens (tertiary/aromatic N) is 2. The summed E-state index contributed by atoms with van der Waals surface area (Å²) in [5, 5.41) is 17.2. The van der Waals surface area contributed by atoms with Crippen LogP contribution in [0.25, 0.3) is 11.3 Å². The molecule has 1 aromatic carbocycles. The van der Waals surface area contributed by atoms with Gasteiger partial charge in [0, 0.05) is 11.6 Å². The first-order valence-electron chi connectivity index (χ1n) is 4.98. The lowest BCUT2D eigenvalue weighted by Crippen LogP contribution is -1.94. The van der Waals surface area contributed by atoms with E-state index in [1.54, 1.807) is 6.07 Å². The Kier molecular flexibility index (Phi) is 3.05. The van der Waals surface area contributed by atoms with Crippen molar-refractivity contribution in [1.29, 1.82) is 0 Å². The summed E-state index contributed by atoms with van der Waals surface area (Å²) in [6.07, 6.45) is 1.99. The number of aldehydes is 1. The lowest BCUT2D eigenvalue weighted by Gasteiger charge is -2.04. The van der Waals surface area contributed by atoms with Gasteiger partial charge in [0.2, 0.25) is 0 Å². The van der Waals surface area contributed by atoms with Gasteiger partial charge >= 0.3 is 5.69 Å². The van der Waals surface area contributed by atoms with E-state index in [1.807, 2.05) is 0 Å². The molecule has 0 amide bonds. The molecule has 0 aliphatic heterocycles. The van der Waals surface area contributed by atoms with Gasteiger partial charge in [0.05, 0.1) is 29.5 Å². The highest BCUT2D eigenvalue weighted by Crippen LogP contribution is 2.32. The molecule has 0 spiro atoms. The summed E-state index contributed by atoms with van der Waals surface area (Å²) in [6.45, 7) is 0. The number of methoxy groups -OCH3 is 1. The van der Waals surface area contributed by atoms with Crippen LogP contribution in [0.15, 0.2) is 24.4 Å². The molecule has 0 saturated heterocycles. The monoisotopic (exact) mass is 247 g/mol. The Labute approximate surface area is 102 Å². The van der Waals surface area contributed by atoms with Gasteiger partial charge in [-0.15, -0.1) is 0 Å². The number of nitro groups is 1. The Morgan fingerprint density at radius 3 is 2.89 bits per heavy atom. The van der Waals surface area contributed by atoms with Crippen molar-refractivity contribution >= 4 is 12.0 Å². The van der Waals surface area contributed by atoms with Crippen molar-refractivity contribution in [2.75, 3.05) is 7.11 Å². The third-order valence-corrected chi connectivity index (χ3v) is 2.46. The Balaban J connectivity index is 2.57. The average molecular weight is 247 g/mol. The molecule has 0 unspecified atom stereocenters. The number of nitro benzene ring substituents is 1. The van der Waals surface area contributed by atoms with Crippen LogP contribution in [0.5, 0.6) is 5.75 Å². The molecular weight excluding hydrogens is 238 g/mol. The third-order valence-electron chi connectivity index (χ3n) is 2.46. The topological polar surface area (TPSA) is 98.1 Å². The number of aromatic nitrogens is 2. The van der Waals surface area contributed by atoms with E-state index in [0.29, 0.717) is 23.1 Å². The van der Waals surface area contributed by atoms with Crippen LogP contribution in [-0.2, 0) is 0 Å². The molecule has 18 heavy (non-hydrogen) atoms. The normalized spacial score (nSPS) is 10.1. The van der Waals surface area contributed by atoms with Gasteiger partial charge in [-0.3, -0.25) is 20.0 Å². The molecule has 92 valence electrons. The number of hydrogen-bond acceptors (Lipinski definition) is 5. The molecule has 2 rings (SSSR count). The molecule has 0 aliphatic carbocycles. The summed E-state index contributed by atoms with van der Waals surface area (Å²) in [5.74, 6) is 0.163. The molecule has 0 radical (unpaired) electrons. The van der Waals surface area contributed by atoms with Gasteiger partial charge < -0.3 is 4.74 Å². The van der Waals surface area contributed by atoms with Crippen LogP contribution in [0.2, 0.25) is 0 Å². The zero-order valence-electron chi connectivity index (χ0n) is 9.41. The first kappa shape index (κ1) is 11.8. The van der Waals surface area contributed by atoms with E-state index in [9.17, 15) is 14.9 Å². The Morgan fingerprint density at radius 1 is 1.50 bits per heavy atom. The van der Waals surface area contributed by atoms with Crippen LogP contribution in [0.4, 0.5) is 5.69 Å². The van der Waals surface area contributed by atoms with Crippen LogP contribution in [0.1, 0.15) is 10.4 Å². The quantitative estimate of drug-likeness (QED) is 0.504. The van der Waals surface area contributed by atoms with E-state index >= 15 is 0 Å². The molecular formula is C11H9N3O4. The highest BCUT2D eigenvalue weighted by atomic mass is 16.6. The number of rotatable bonds is 4. The summed E-state index contributed by atoms with van der Waals surface area (Å²) in [4.78, 5) is 21.1. The lowest BCUT2D eigenvalue weighted by atomic mass is 10.1. The number of carbonyl (C=O) groups excluding carboxylic acids is 1. The van der Waals surface area contributed by atoms with E-state index in [2.05, 4.69) is 10.2 Å². The Hall–Kier alpha value is -2.70. The van der Waals surface area contributed by atoms with Gasteiger partial charge in [-0.25, -0.2) is 0 Å². The van der Waals surface area contributed by atoms with Crippen molar-refractivity contribution in [3.05, 3.63) is 40.1 Å². The number of ether oxygens (including phenoxy) is 1. The van der Waals surface area contributed by atoms with Crippen LogP contribution >= 0.6 is 0 Å². The van der Waals surface area contributed by atoms with Crippen molar-refractivity contribution in [2.45, 2.75) is 0 Å². The van der Waals surface area contributed by atoms with Gasteiger partial charge in [-0.1, -0.05) is 0 Å². The fourth-order valence-electron chi connectivity index (χ4n) is 1.60. The zero-order chi connectivity index (χ0) is 13.1. The third kappa shape index (κ3) is 1.93. The predicted octanol–water partition coefficient (Wildman–Crippen LogP) is 1.81. The molecule has 1 heterocycles. The molecule has 0 bridgehead atoms. The van der Waals surface area contributed by atoms with Crippen molar-refractivity contribution in [1.82, 2.24) is 10.2 Å². The van der Waals surface area contributed by atoms with Crippen molar-refractivity contribution < 1.29 is 14.5 Å². The van der Waals surface area contributed by atoms with Gasteiger partial charge in [-0.05, 0) is 12.1 Å². The summed E-state index contributed by atoms with van der Waals surface area (Å²) in [6, 6.07) is 4.43. The minimum absolute atomic E-state index is 0.163. The van der Waals surface area contributed by atoms with E-state index < -0.39 is 4.92 Å². The van der Waals surface area contributed by atoms with Crippen molar-refractivity contribution in [2.24, 2.45) is 0 Å². The van der Waals surface area contributed by atoms with Crippen molar-refractivity contribution in [3.8, 4) is 17.0 Å². The van der Waals surface area contributed by atoms with Crippen LogP contribution in [-0.4, -0.2) is 28.5 Å². The van der Waals surface area contributed by atoms with Crippen LogP contribution in [0, 0.1) is 10.1 Å². The predicted molar refractivity (Wildman–Crippen MR) is 62.6 cm³/mol.